The molecule has 0 saturated carbocycles. The van der Waals surface area contributed by atoms with E-state index in [2.05, 4.69) is 9.97 Å². The molecule has 0 fully saturated rings. The number of ether oxygens (including phenoxy) is 1. The summed E-state index contributed by atoms with van der Waals surface area (Å²) in [5, 5.41) is 0.690. The predicted molar refractivity (Wildman–Crippen MR) is 60.3 cm³/mol. The molecule has 1 aromatic carbocycles. The van der Waals surface area contributed by atoms with E-state index in [0.717, 1.165) is 17.0 Å². The summed E-state index contributed by atoms with van der Waals surface area (Å²) in [6, 6.07) is 8.11. The van der Waals surface area contributed by atoms with E-state index in [1.807, 2.05) is 31.2 Å². The average molecular weight is 223 g/mol. The molecule has 0 atom stereocenters. The Balaban J connectivity index is 2.54. The van der Waals surface area contributed by atoms with Crippen molar-refractivity contribution in [3.8, 4) is 17.3 Å². The molecule has 78 valence electrons. The second-order valence-electron chi connectivity index (χ2n) is 3.20. The van der Waals surface area contributed by atoms with E-state index in [0.29, 0.717) is 11.0 Å². The standard InChI is InChI=1S/C11H11ClN2O/c1-7-10(14-11(13-7)15-2)8-5-3-4-6-9(8)12/h3-6H,1-2H3,(H,13,14). The van der Waals surface area contributed by atoms with Crippen LogP contribution in [0.4, 0.5) is 0 Å². The van der Waals surface area contributed by atoms with Crippen LogP contribution in [0.1, 0.15) is 5.69 Å². The van der Waals surface area contributed by atoms with E-state index in [-0.39, 0.29) is 0 Å². The topological polar surface area (TPSA) is 37.9 Å². The van der Waals surface area contributed by atoms with Gasteiger partial charge in [-0.3, -0.25) is 0 Å². The third-order valence-corrected chi connectivity index (χ3v) is 2.51. The summed E-state index contributed by atoms with van der Waals surface area (Å²) in [6.45, 7) is 1.94. The lowest BCUT2D eigenvalue weighted by Crippen LogP contribution is -1.84. The van der Waals surface area contributed by atoms with Gasteiger partial charge in [0.2, 0.25) is 0 Å². The fraction of sp³-hybridized carbons (Fsp3) is 0.182. The first kappa shape index (κ1) is 10.1. The number of nitrogens with zero attached hydrogens (tertiary/aromatic N) is 1. The van der Waals surface area contributed by atoms with Crippen LogP contribution >= 0.6 is 11.6 Å². The molecule has 0 saturated heterocycles. The van der Waals surface area contributed by atoms with Gasteiger partial charge in [0.25, 0.3) is 6.01 Å². The van der Waals surface area contributed by atoms with Crippen molar-refractivity contribution in [3.63, 3.8) is 0 Å². The molecule has 3 nitrogen and oxygen atoms in total. The van der Waals surface area contributed by atoms with Crippen LogP contribution in [0.15, 0.2) is 24.3 Å². The van der Waals surface area contributed by atoms with E-state index in [1.54, 1.807) is 7.11 Å². The summed E-state index contributed by atoms with van der Waals surface area (Å²) in [7, 11) is 1.58. The molecule has 0 aliphatic rings. The number of imidazole rings is 1. The lowest BCUT2D eigenvalue weighted by Gasteiger charge is -2.00. The smallest absolute Gasteiger partial charge is 0.294 e. The van der Waals surface area contributed by atoms with Gasteiger partial charge in [0.1, 0.15) is 0 Å². The van der Waals surface area contributed by atoms with Gasteiger partial charge in [-0.15, -0.1) is 0 Å². The van der Waals surface area contributed by atoms with Crippen LogP contribution < -0.4 is 4.74 Å². The zero-order chi connectivity index (χ0) is 10.8. The Morgan fingerprint density at radius 3 is 2.67 bits per heavy atom. The number of hydrogen-bond donors (Lipinski definition) is 1. The first-order chi connectivity index (χ1) is 7.22. The SMILES string of the molecule is COc1nc(-c2ccccc2Cl)c(C)[nH]1. The minimum atomic E-state index is 0.502. The van der Waals surface area contributed by atoms with Gasteiger partial charge in [-0.25, -0.2) is 0 Å². The molecule has 0 amide bonds. The summed E-state index contributed by atoms with van der Waals surface area (Å²) in [6.07, 6.45) is 0. The first-order valence-corrected chi connectivity index (χ1v) is 4.95. The van der Waals surface area contributed by atoms with Gasteiger partial charge >= 0.3 is 0 Å². The highest BCUT2D eigenvalue weighted by molar-refractivity contribution is 6.33. The van der Waals surface area contributed by atoms with Gasteiger partial charge in [0.05, 0.1) is 17.8 Å². The number of benzene rings is 1. The largest absolute Gasteiger partial charge is 0.468 e. The number of rotatable bonds is 2. The predicted octanol–water partition coefficient (Wildman–Crippen LogP) is 3.05. The van der Waals surface area contributed by atoms with Crippen molar-refractivity contribution in [2.24, 2.45) is 0 Å². The van der Waals surface area contributed by atoms with E-state index in [4.69, 9.17) is 16.3 Å². The molecular weight excluding hydrogens is 212 g/mol. The average Bonchev–Trinajstić information content (AvgIpc) is 2.60. The minimum Gasteiger partial charge on any atom is -0.468 e. The molecule has 15 heavy (non-hydrogen) atoms. The maximum Gasteiger partial charge on any atom is 0.294 e. The Morgan fingerprint density at radius 1 is 1.33 bits per heavy atom. The second-order valence-corrected chi connectivity index (χ2v) is 3.61. The number of halogens is 1. The molecule has 0 aliphatic heterocycles. The number of methoxy groups -OCH3 is 1. The Kier molecular flexibility index (Phi) is 2.64. The van der Waals surface area contributed by atoms with Crippen LogP contribution in [-0.2, 0) is 0 Å². The van der Waals surface area contributed by atoms with Crippen molar-refractivity contribution >= 4 is 11.6 Å². The van der Waals surface area contributed by atoms with Crippen LogP contribution in [0, 0.1) is 6.92 Å². The quantitative estimate of drug-likeness (QED) is 0.848. The molecule has 4 heteroatoms. The van der Waals surface area contributed by atoms with Gasteiger partial charge in [0.15, 0.2) is 0 Å². The number of nitrogens with one attached hydrogen (secondary N) is 1. The van der Waals surface area contributed by atoms with E-state index in [9.17, 15) is 0 Å². The molecular formula is C11H11ClN2O. The number of aromatic nitrogens is 2. The van der Waals surface area contributed by atoms with Crippen molar-refractivity contribution in [1.82, 2.24) is 9.97 Å². The summed E-state index contributed by atoms with van der Waals surface area (Å²) in [5.74, 6) is 0. The number of aromatic amines is 1. The van der Waals surface area contributed by atoms with Crippen LogP contribution in [0.25, 0.3) is 11.3 Å². The van der Waals surface area contributed by atoms with Crippen molar-refractivity contribution in [2.45, 2.75) is 6.92 Å². The van der Waals surface area contributed by atoms with Crippen LogP contribution in [0.5, 0.6) is 6.01 Å². The zero-order valence-electron chi connectivity index (χ0n) is 8.54. The van der Waals surface area contributed by atoms with Gasteiger partial charge in [-0.1, -0.05) is 29.8 Å². The zero-order valence-corrected chi connectivity index (χ0v) is 9.30. The summed E-state index contributed by atoms with van der Waals surface area (Å²) in [4.78, 5) is 7.33. The van der Waals surface area contributed by atoms with E-state index < -0.39 is 0 Å². The number of hydrogen-bond acceptors (Lipinski definition) is 2. The fourth-order valence-corrected chi connectivity index (χ4v) is 1.67. The molecule has 0 bridgehead atoms. The third kappa shape index (κ3) is 1.83. The number of aryl methyl sites for hydroxylation is 1. The molecule has 0 radical (unpaired) electrons. The molecule has 1 N–H and O–H groups in total. The number of H-pyrrole nitrogens is 1. The maximum atomic E-state index is 6.09. The van der Waals surface area contributed by atoms with Crippen LogP contribution in [0.2, 0.25) is 5.02 Å². The summed E-state index contributed by atoms with van der Waals surface area (Å²) < 4.78 is 5.03. The van der Waals surface area contributed by atoms with Crippen molar-refractivity contribution in [3.05, 3.63) is 35.0 Å². The van der Waals surface area contributed by atoms with E-state index in [1.165, 1.54) is 0 Å². The highest BCUT2D eigenvalue weighted by Crippen LogP contribution is 2.29. The molecule has 1 heterocycles. The molecule has 0 unspecified atom stereocenters. The molecule has 2 rings (SSSR count). The van der Waals surface area contributed by atoms with Gasteiger partial charge in [-0.2, -0.15) is 4.98 Å². The molecule has 0 aliphatic carbocycles. The second kappa shape index (κ2) is 3.95. The van der Waals surface area contributed by atoms with E-state index >= 15 is 0 Å². The van der Waals surface area contributed by atoms with Gasteiger partial charge in [0, 0.05) is 11.3 Å². The summed E-state index contributed by atoms with van der Waals surface area (Å²) >= 11 is 6.09. The highest BCUT2D eigenvalue weighted by atomic mass is 35.5. The van der Waals surface area contributed by atoms with Crippen LogP contribution in [0.3, 0.4) is 0 Å². The Labute approximate surface area is 93.1 Å². The summed E-state index contributed by atoms with van der Waals surface area (Å²) in [5.41, 5.74) is 2.69. The highest BCUT2D eigenvalue weighted by Gasteiger charge is 2.11. The molecule has 0 spiro atoms. The Bertz CT molecular complexity index is 479. The molecule has 2 aromatic rings. The molecule has 1 aromatic heterocycles. The monoisotopic (exact) mass is 222 g/mol. The van der Waals surface area contributed by atoms with Crippen LogP contribution in [-0.4, -0.2) is 17.1 Å². The third-order valence-electron chi connectivity index (χ3n) is 2.19. The fourth-order valence-electron chi connectivity index (χ4n) is 1.45. The normalized spacial score (nSPS) is 10.3. The van der Waals surface area contributed by atoms with Crippen molar-refractivity contribution in [2.75, 3.05) is 7.11 Å². The van der Waals surface area contributed by atoms with Crippen molar-refractivity contribution in [1.29, 1.82) is 0 Å². The first-order valence-electron chi connectivity index (χ1n) is 4.58. The van der Waals surface area contributed by atoms with Gasteiger partial charge in [-0.05, 0) is 13.0 Å². The lowest BCUT2D eigenvalue weighted by molar-refractivity contribution is 0.384. The van der Waals surface area contributed by atoms with Gasteiger partial charge < -0.3 is 9.72 Å². The minimum absolute atomic E-state index is 0.502. The maximum absolute atomic E-state index is 6.09. The Morgan fingerprint density at radius 2 is 2.07 bits per heavy atom. The Hall–Kier alpha value is -1.48. The lowest BCUT2D eigenvalue weighted by atomic mass is 10.1. The van der Waals surface area contributed by atoms with Crippen molar-refractivity contribution < 1.29 is 4.74 Å².